The van der Waals surface area contributed by atoms with Gasteiger partial charge in [-0.1, -0.05) is 36.4 Å². The van der Waals surface area contributed by atoms with E-state index in [0.717, 1.165) is 22.3 Å². The third-order valence-corrected chi connectivity index (χ3v) is 4.62. The Hall–Kier alpha value is -3.67. The second kappa shape index (κ2) is 7.15. The lowest BCUT2D eigenvalue weighted by molar-refractivity contribution is -0.116. The van der Waals surface area contributed by atoms with E-state index >= 15 is 0 Å². The van der Waals surface area contributed by atoms with Crippen molar-refractivity contribution in [3.63, 3.8) is 0 Å². The fraction of sp³-hybridized carbons (Fsp3) is 0.136. The van der Waals surface area contributed by atoms with E-state index in [9.17, 15) is 9.59 Å². The summed E-state index contributed by atoms with van der Waals surface area (Å²) in [5.74, 6) is 0.349. The van der Waals surface area contributed by atoms with E-state index in [0.29, 0.717) is 16.8 Å². The van der Waals surface area contributed by atoms with Crippen molar-refractivity contribution >= 4 is 22.6 Å². The van der Waals surface area contributed by atoms with Crippen molar-refractivity contribution in [2.45, 2.75) is 20.4 Å². The number of hydrogen-bond donors (Lipinski definition) is 2. The highest BCUT2D eigenvalue weighted by Crippen LogP contribution is 2.21. The fourth-order valence-corrected chi connectivity index (χ4v) is 3.28. The van der Waals surface area contributed by atoms with Crippen LogP contribution in [0.1, 0.15) is 11.3 Å². The molecule has 28 heavy (non-hydrogen) atoms. The zero-order valence-corrected chi connectivity index (χ0v) is 15.7. The Morgan fingerprint density at radius 2 is 1.89 bits per heavy atom. The molecule has 0 radical (unpaired) electrons. The number of aromatic nitrogens is 3. The SMILES string of the molecule is Cc1ccc2c(=O)c(-c3ccccc3)cn(CC(=O)Nc3cc(C)n[nH]3)c2c1. The molecule has 0 spiro atoms. The number of H-pyrrole nitrogens is 1. The summed E-state index contributed by atoms with van der Waals surface area (Å²) in [6.45, 7) is 3.89. The van der Waals surface area contributed by atoms with Gasteiger partial charge in [-0.25, -0.2) is 0 Å². The number of anilines is 1. The van der Waals surface area contributed by atoms with Gasteiger partial charge in [0.15, 0.2) is 5.43 Å². The molecule has 4 rings (SSSR count). The normalized spacial score (nSPS) is 10.9. The van der Waals surface area contributed by atoms with Gasteiger partial charge in [-0.2, -0.15) is 5.10 Å². The van der Waals surface area contributed by atoms with Gasteiger partial charge in [0.25, 0.3) is 0 Å². The maximum absolute atomic E-state index is 13.0. The number of benzene rings is 2. The lowest BCUT2D eigenvalue weighted by atomic mass is 10.0. The highest BCUT2D eigenvalue weighted by atomic mass is 16.2. The van der Waals surface area contributed by atoms with Crippen LogP contribution in [-0.2, 0) is 11.3 Å². The molecule has 0 atom stereocenters. The quantitative estimate of drug-likeness (QED) is 0.574. The number of nitrogens with zero attached hydrogens (tertiary/aromatic N) is 2. The van der Waals surface area contributed by atoms with Gasteiger partial charge in [0.1, 0.15) is 12.4 Å². The van der Waals surface area contributed by atoms with Crippen LogP contribution in [0.5, 0.6) is 0 Å². The molecular weight excluding hydrogens is 352 g/mol. The Balaban J connectivity index is 1.79. The first-order valence-electron chi connectivity index (χ1n) is 9.02. The van der Waals surface area contributed by atoms with Crippen LogP contribution in [-0.4, -0.2) is 20.7 Å². The first kappa shape index (κ1) is 17.7. The molecular formula is C22H20N4O2. The van der Waals surface area contributed by atoms with Crippen molar-refractivity contribution in [1.82, 2.24) is 14.8 Å². The van der Waals surface area contributed by atoms with Crippen LogP contribution < -0.4 is 10.7 Å². The molecule has 0 bridgehead atoms. The van der Waals surface area contributed by atoms with Crippen LogP contribution in [0.25, 0.3) is 22.0 Å². The van der Waals surface area contributed by atoms with E-state index in [-0.39, 0.29) is 17.9 Å². The number of nitrogens with one attached hydrogen (secondary N) is 2. The van der Waals surface area contributed by atoms with E-state index in [1.54, 1.807) is 12.3 Å². The molecule has 1 amide bonds. The zero-order valence-electron chi connectivity index (χ0n) is 15.7. The Labute approximate surface area is 161 Å². The standard InChI is InChI=1S/C22H20N4O2/c1-14-8-9-17-19(10-14)26(13-21(27)23-20-11-15(2)24-25-20)12-18(22(17)28)16-6-4-3-5-7-16/h3-12H,13H2,1-2H3,(H2,23,24,25,27). The fourth-order valence-electron chi connectivity index (χ4n) is 3.28. The highest BCUT2D eigenvalue weighted by molar-refractivity contribution is 5.92. The summed E-state index contributed by atoms with van der Waals surface area (Å²) in [4.78, 5) is 25.6. The number of hydrogen-bond acceptors (Lipinski definition) is 3. The molecule has 2 N–H and O–H groups in total. The first-order chi connectivity index (χ1) is 13.5. The molecule has 2 aromatic heterocycles. The van der Waals surface area contributed by atoms with Gasteiger partial charge >= 0.3 is 0 Å². The summed E-state index contributed by atoms with van der Waals surface area (Å²) >= 11 is 0. The molecule has 0 aliphatic heterocycles. The number of aromatic amines is 1. The minimum absolute atomic E-state index is 0.0398. The summed E-state index contributed by atoms with van der Waals surface area (Å²) in [6.07, 6.45) is 1.76. The maximum atomic E-state index is 13.0. The number of rotatable bonds is 4. The average Bonchev–Trinajstić information content (AvgIpc) is 3.09. The Morgan fingerprint density at radius 1 is 1.11 bits per heavy atom. The van der Waals surface area contributed by atoms with Gasteiger partial charge in [-0.15, -0.1) is 0 Å². The van der Waals surface area contributed by atoms with Gasteiger partial charge in [0.2, 0.25) is 5.91 Å². The van der Waals surface area contributed by atoms with Gasteiger partial charge < -0.3 is 9.88 Å². The van der Waals surface area contributed by atoms with Crippen molar-refractivity contribution in [3.8, 4) is 11.1 Å². The van der Waals surface area contributed by atoms with Crippen LogP contribution in [0.4, 0.5) is 5.82 Å². The topological polar surface area (TPSA) is 79.8 Å². The van der Waals surface area contributed by atoms with E-state index in [1.807, 2.05) is 66.9 Å². The average molecular weight is 372 g/mol. The van der Waals surface area contributed by atoms with Crippen LogP contribution in [0.2, 0.25) is 0 Å². The second-order valence-electron chi connectivity index (χ2n) is 6.86. The van der Waals surface area contributed by atoms with Crippen LogP contribution in [0, 0.1) is 13.8 Å². The molecule has 6 nitrogen and oxygen atoms in total. The molecule has 2 aromatic carbocycles. The summed E-state index contributed by atoms with van der Waals surface area (Å²) in [6, 6.07) is 16.9. The largest absolute Gasteiger partial charge is 0.337 e. The summed E-state index contributed by atoms with van der Waals surface area (Å²) in [7, 11) is 0. The Kier molecular flexibility index (Phi) is 4.53. The zero-order chi connectivity index (χ0) is 19.7. The van der Waals surface area contributed by atoms with Gasteiger partial charge in [-0.05, 0) is 37.1 Å². The van der Waals surface area contributed by atoms with Crippen molar-refractivity contribution in [2.75, 3.05) is 5.32 Å². The van der Waals surface area contributed by atoms with Crippen molar-refractivity contribution in [3.05, 3.63) is 82.3 Å². The second-order valence-corrected chi connectivity index (χ2v) is 6.86. The number of fused-ring (bicyclic) bond motifs is 1. The van der Waals surface area contributed by atoms with Gasteiger partial charge in [0, 0.05) is 23.2 Å². The predicted octanol–water partition coefficient (Wildman–Crippen LogP) is 3.65. The third-order valence-electron chi connectivity index (χ3n) is 4.62. The number of pyridine rings is 1. The molecule has 0 fully saturated rings. The highest BCUT2D eigenvalue weighted by Gasteiger charge is 2.13. The molecule has 6 heteroatoms. The predicted molar refractivity (Wildman–Crippen MR) is 110 cm³/mol. The molecule has 0 aliphatic rings. The van der Waals surface area contributed by atoms with Gasteiger partial charge in [0.05, 0.1) is 11.2 Å². The number of carbonyl (C=O) groups excluding carboxylic acids is 1. The van der Waals surface area contributed by atoms with Crippen LogP contribution in [0.3, 0.4) is 0 Å². The van der Waals surface area contributed by atoms with E-state index in [1.165, 1.54) is 0 Å². The molecule has 0 aliphatic carbocycles. The summed E-state index contributed by atoms with van der Waals surface area (Å²) in [5, 5.41) is 10.2. The molecule has 0 saturated heterocycles. The lowest BCUT2D eigenvalue weighted by Crippen LogP contribution is -2.21. The molecule has 0 unspecified atom stereocenters. The molecule has 2 heterocycles. The Bertz CT molecular complexity index is 1220. The third kappa shape index (κ3) is 3.44. The van der Waals surface area contributed by atoms with Crippen molar-refractivity contribution in [2.24, 2.45) is 0 Å². The van der Waals surface area contributed by atoms with E-state index in [4.69, 9.17) is 0 Å². The van der Waals surface area contributed by atoms with Crippen molar-refractivity contribution < 1.29 is 4.79 Å². The maximum Gasteiger partial charge on any atom is 0.245 e. The van der Waals surface area contributed by atoms with E-state index in [2.05, 4.69) is 15.5 Å². The number of aryl methyl sites for hydroxylation is 2. The van der Waals surface area contributed by atoms with Crippen LogP contribution in [0.15, 0.2) is 65.6 Å². The monoisotopic (exact) mass is 372 g/mol. The molecule has 0 saturated carbocycles. The first-order valence-corrected chi connectivity index (χ1v) is 9.02. The number of carbonyl (C=O) groups is 1. The molecule has 140 valence electrons. The van der Waals surface area contributed by atoms with Crippen molar-refractivity contribution in [1.29, 1.82) is 0 Å². The summed E-state index contributed by atoms with van der Waals surface area (Å²) in [5.41, 5.74) is 3.92. The van der Waals surface area contributed by atoms with Gasteiger partial charge in [-0.3, -0.25) is 14.7 Å². The smallest absolute Gasteiger partial charge is 0.245 e. The van der Waals surface area contributed by atoms with E-state index < -0.39 is 0 Å². The van der Waals surface area contributed by atoms with Crippen LogP contribution >= 0.6 is 0 Å². The number of amides is 1. The minimum atomic E-state index is -0.200. The summed E-state index contributed by atoms with van der Waals surface area (Å²) < 4.78 is 1.82. The minimum Gasteiger partial charge on any atom is -0.337 e. The Morgan fingerprint density at radius 3 is 2.61 bits per heavy atom. The molecule has 4 aromatic rings. The lowest BCUT2D eigenvalue weighted by Gasteiger charge is -2.14.